The van der Waals surface area contributed by atoms with E-state index >= 15 is 0 Å². The highest BCUT2D eigenvalue weighted by Gasteiger charge is 2.10. The molecule has 20 heavy (non-hydrogen) atoms. The number of carbonyl (C=O) groups is 1. The molecule has 6 nitrogen and oxygen atoms in total. The molecule has 106 valence electrons. The maximum Gasteiger partial charge on any atom is 0.335 e. The average molecular weight is 293 g/mol. The van der Waals surface area contributed by atoms with E-state index in [2.05, 4.69) is 15.3 Å². The van der Waals surface area contributed by atoms with Crippen molar-refractivity contribution in [1.82, 2.24) is 9.97 Å². The molecule has 0 aliphatic rings. The second-order valence-corrected chi connectivity index (χ2v) is 6.25. The van der Waals surface area contributed by atoms with Crippen molar-refractivity contribution in [3.8, 4) is 0 Å². The summed E-state index contributed by atoms with van der Waals surface area (Å²) < 4.78 is 11.3. The van der Waals surface area contributed by atoms with Gasteiger partial charge in [0, 0.05) is 34.2 Å². The first-order chi connectivity index (χ1) is 9.49. The zero-order valence-electron chi connectivity index (χ0n) is 11.2. The molecule has 2 aromatic rings. The number of rotatable bonds is 5. The number of nitrogens with zero attached hydrogens (tertiary/aromatic N) is 2. The maximum absolute atomic E-state index is 11.3. The van der Waals surface area contributed by atoms with Crippen LogP contribution in [0.25, 0.3) is 10.9 Å². The van der Waals surface area contributed by atoms with Crippen molar-refractivity contribution in [2.75, 3.05) is 18.1 Å². The van der Waals surface area contributed by atoms with Crippen LogP contribution in [0.3, 0.4) is 0 Å². The Kier molecular flexibility index (Phi) is 4.29. The summed E-state index contributed by atoms with van der Waals surface area (Å²) in [5.74, 6) is -0.376. The highest BCUT2D eigenvalue weighted by Crippen LogP contribution is 2.20. The summed E-state index contributed by atoms with van der Waals surface area (Å²) in [4.78, 5) is 19.1. The minimum atomic E-state index is -0.991. The number of aromatic carboxylic acids is 1. The maximum atomic E-state index is 11.3. The number of carboxylic acids is 1. The Balaban J connectivity index is 2.30. The van der Waals surface area contributed by atoms with Crippen LogP contribution in [0.5, 0.6) is 0 Å². The fourth-order valence-electron chi connectivity index (χ4n) is 1.69. The van der Waals surface area contributed by atoms with Crippen LogP contribution in [0.4, 0.5) is 5.82 Å². The average Bonchev–Trinajstić information content (AvgIpc) is 2.43. The van der Waals surface area contributed by atoms with Gasteiger partial charge in [-0.05, 0) is 25.1 Å². The fourth-order valence-corrected chi connectivity index (χ4v) is 2.01. The minimum absolute atomic E-state index is 0.00157. The van der Waals surface area contributed by atoms with E-state index in [1.807, 2.05) is 6.92 Å². The lowest BCUT2D eigenvalue weighted by molar-refractivity contribution is 0.0697. The zero-order chi connectivity index (χ0) is 14.7. The van der Waals surface area contributed by atoms with Crippen LogP contribution in [-0.2, 0) is 10.8 Å². The topological polar surface area (TPSA) is 92.2 Å². The smallest absolute Gasteiger partial charge is 0.335 e. The Hall–Kier alpha value is -2.02. The molecule has 1 heterocycles. The molecule has 0 aliphatic heterocycles. The molecule has 1 aromatic heterocycles. The van der Waals surface area contributed by atoms with Crippen molar-refractivity contribution >= 4 is 33.5 Å². The zero-order valence-corrected chi connectivity index (χ0v) is 12.0. The monoisotopic (exact) mass is 293 g/mol. The van der Waals surface area contributed by atoms with Crippen LogP contribution >= 0.6 is 0 Å². The number of benzene rings is 1. The van der Waals surface area contributed by atoms with Gasteiger partial charge in [-0.3, -0.25) is 4.21 Å². The van der Waals surface area contributed by atoms with Crippen LogP contribution in [0.15, 0.2) is 24.5 Å². The lowest BCUT2D eigenvalue weighted by Gasteiger charge is -2.12. The molecule has 0 saturated carbocycles. The van der Waals surface area contributed by atoms with E-state index in [0.717, 1.165) is 5.39 Å². The highest BCUT2D eigenvalue weighted by atomic mass is 32.2. The summed E-state index contributed by atoms with van der Waals surface area (Å²) in [6, 6.07) is 4.70. The molecular formula is C13H15N3O3S. The number of hydrogen-bond acceptors (Lipinski definition) is 5. The molecule has 2 rings (SSSR count). The summed E-state index contributed by atoms with van der Waals surface area (Å²) in [6.07, 6.45) is 3.04. The largest absolute Gasteiger partial charge is 0.478 e. The molecule has 2 unspecified atom stereocenters. The third kappa shape index (κ3) is 3.11. The second kappa shape index (κ2) is 5.96. The molecule has 0 spiro atoms. The number of hydrogen-bond donors (Lipinski definition) is 2. The van der Waals surface area contributed by atoms with Gasteiger partial charge in [0.15, 0.2) is 0 Å². The number of nitrogens with one attached hydrogen (secondary N) is 1. The van der Waals surface area contributed by atoms with Gasteiger partial charge in [-0.2, -0.15) is 0 Å². The first-order valence-corrected chi connectivity index (χ1v) is 7.65. The van der Waals surface area contributed by atoms with Gasteiger partial charge in [0.25, 0.3) is 0 Å². The summed E-state index contributed by atoms with van der Waals surface area (Å²) in [6.45, 7) is 2.41. The number of fused-ring (bicyclic) bond motifs is 1. The molecular weight excluding hydrogens is 278 g/mol. The Morgan fingerprint density at radius 2 is 2.20 bits per heavy atom. The molecule has 1 aromatic carbocycles. The molecule has 2 N–H and O–H groups in total. The van der Waals surface area contributed by atoms with Gasteiger partial charge >= 0.3 is 5.97 Å². The Bertz CT molecular complexity index is 675. The predicted molar refractivity (Wildman–Crippen MR) is 78.5 cm³/mol. The Morgan fingerprint density at radius 1 is 1.45 bits per heavy atom. The number of carboxylic acid groups (broad SMARTS) is 1. The second-order valence-electron chi connectivity index (χ2n) is 4.45. The summed E-state index contributed by atoms with van der Waals surface area (Å²) in [5.41, 5.74) is 0.748. The van der Waals surface area contributed by atoms with E-state index < -0.39 is 16.8 Å². The van der Waals surface area contributed by atoms with E-state index in [0.29, 0.717) is 17.9 Å². The fraction of sp³-hybridized carbons (Fsp3) is 0.308. The van der Waals surface area contributed by atoms with E-state index in [4.69, 9.17) is 5.11 Å². The SMILES string of the molecule is CC(CNc1ncnc2cc(C(=O)O)ccc12)S(C)=O. The van der Waals surface area contributed by atoms with Gasteiger partial charge in [0.1, 0.15) is 12.1 Å². The Labute approximate surface area is 118 Å². The summed E-state index contributed by atoms with van der Waals surface area (Å²) >= 11 is 0. The van der Waals surface area contributed by atoms with Crippen molar-refractivity contribution in [2.24, 2.45) is 0 Å². The van der Waals surface area contributed by atoms with Crippen molar-refractivity contribution in [3.63, 3.8) is 0 Å². The van der Waals surface area contributed by atoms with Crippen molar-refractivity contribution in [2.45, 2.75) is 12.2 Å². The van der Waals surface area contributed by atoms with Crippen LogP contribution in [-0.4, -0.2) is 43.3 Å². The van der Waals surface area contributed by atoms with Gasteiger partial charge in [0.2, 0.25) is 0 Å². The van der Waals surface area contributed by atoms with Crippen molar-refractivity contribution in [3.05, 3.63) is 30.1 Å². The lowest BCUT2D eigenvalue weighted by atomic mass is 10.1. The van der Waals surface area contributed by atoms with Gasteiger partial charge < -0.3 is 10.4 Å². The molecule has 0 amide bonds. The van der Waals surface area contributed by atoms with E-state index in [1.54, 1.807) is 12.3 Å². The quantitative estimate of drug-likeness (QED) is 0.868. The first kappa shape index (κ1) is 14.4. The summed E-state index contributed by atoms with van der Waals surface area (Å²) in [5, 5.41) is 12.8. The molecule has 7 heteroatoms. The molecule has 0 radical (unpaired) electrons. The van der Waals surface area contributed by atoms with Crippen LogP contribution < -0.4 is 5.32 Å². The third-order valence-corrected chi connectivity index (χ3v) is 4.31. The van der Waals surface area contributed by atoms with Gasteiger partial charge in [0.05, 0.1) is 11.1 Å². The molecule has 0 saturated heterocycles. The molecule has 2 atom stereocenters. The van der Waals surface area contributed by atoms with Crippen LogP contribution in [0.1, 0.15) is 17.3 Å². The van der Waals surface area contributed by atoms with Crippen molar-refractivity contribution in [1.29, 1.82) is 0 Å². The van der Waals surface area contributed by atoms with Crippen molar-refractivity contribution < 1.29 is 14.1 Å². The number of aromatic nitrogens is 2. The molecule has 0 bridgehead atoms. The van der Waals surface area contributed by atoms with E-state index in [-0.39, 0.29) is 10.8 Å². The standard InChI is InChI=1S/C13H15N3O3S/c1-8(20(2)19)6-14-12-10-4-3-9(13(17)18)5-11(10)15-7-16-12/h3-5,7-8H,6H2,1-2H3,(H,17,18)(H,14,15,16). The van der Waals surface area contributed by atoms with E-state index in [1.165, 1.54) is 18.5 Å². The first-order valence-electron chi connectivity index (χ1n) is 6.03. The van der Waals surface area contributed by atoms with Gasteiger partial charge in [-0.15, -0.1) is 0 Å². The number of anilines is 1. The minimum Gasteiger partial charge on any atom is -0.478 e. The summed E-state index contributed by atoms with van der Waals surface area (Å²) in [7, 11) is -0.911. The van der Waals surface area contributed by atoms with Crippen LogP contribution in [0.2, 0.25) is 0 Å². The van der Waals surface area contributed by atoms with Gasteiger partial charge in [-0.1, -0.05) is 0 Å². The predicted octanol–water partition coefficient (Wildman–Crippen LogP) is 1.51. The lowest BCUT2D eigenvalue weighted by Crippen LogP contribution is -2.21. The normalized spacial score (nSPS) is 13.9. The molecule has 0 aliphatic carbocycles. The van der Waals surface area contributed by atoms with Gasteiger partial charge in [-0.25, -0.2) is 14.8 Å². The molecule has 0 fully saturated rings. The van der Waals surface area contributed by atoms with E-state index in [9.17, 15) is 9.00 Å². The van der Waals surface area contributed by atoms with Crippen LogP contribution in [0, 0.1) is 0 Å². The highest BCUT2D eigenvalue weighted by molar-refractivity contribution is 7.84. The third-order valence-electron chi connectivity index (χ3n) is 3.01. The Morgan fingerprint density at radius 3 is 2.85 bits per heavy atom.